The molecule has 1 saturated carbocycles. The molecule has 3 heteroatoms. The van der Waals surface area contributed by atoms with Gasteiger partial charge in [0.05, 0.1) is 6.61 Å². The van der Waals surface area contributed by atoms with Crippen molar-refractivity contribution in [2.75, 3.05) is 33.4 Å². The summed E-state index contributed by atoms with van der Waals surface area (Å²) in [6.45, 7) is 13.0. The Morgan fingerprint density at radius 2 is 2.00 bits per heavy atom. The van der Waals surface area contributed by atoms with E-state index in [4.69, 9.17) is 4.74 Å². The fourth-order valence-electron chi connectivity index (χ4n) is 3.36. The van der Waals surface area contributed by atoms with Crippen molar-refractivity contribution < 1.29 is 4.74 Å². The van der Waals surface area contributed by atoms with Gasteiger partial charge in [-0.25, -0.2) is 0 Å². The van der Waals surface area contributed by atoms with Crippen LogP contribution in [0, 0.1) is 11.8 Å². The average Bonchev–Trinajstić information content (AvgIpc) is 2.44. The first-order chi connectivity index (χ1) is 9.60. The van der Waals surface area contributed by atoms with Crippen molar-refractivity contribution >= 4 is 0 Å². The van der Waals surface area contributed by atoms with Crippen LogP contribution in [0.15, 0.2) is 0 Å². The second-order valence-electron chi connectivity index (χ2n) is 6.62. The van der Waals surface area contributed by atoms with E-state index in [0.717, 1.165) is 38.1 Å². The fraction of sp³-hybridized carbons (Fsp3) is 1.00. The highest BCUT2D eigenvalue weighted by Crippen LogP contribution is 2.32. The van der Waals surface area contributed by atoms with Crippen molar-refractivity contribution in [1.82, 2.24) is 10.2 Å². The van der Waals surface area contributed by atoms with E-state index in [2.05, 4.69) is 45.0 Å². The van der Waals surface area contributed by atoms with Gasteiger partial charge in [0.2, 0.25) is 0 Å². The fourth-order valence-corrected chi connectivity index (χ4v) is 3.36. The topological polar surface area (TPSA) is 24.5 Å². The van der Waals surface area contributed by atoms with Gasteiger partial charge in [0.15, 0.2) is 0 Å². The average molecular weight is 284 g/mol. The summed E-state index contributed by atoms with van der Waals surface area (Å²) in [5.74, 6) is 1.69. The van der Waals surface area contributed by atoms with E-state index < -0.39 is 0 Å². The molecule has 0 radical (unpaired) electrons. The second-order valence-corrected chi connectivity index (χ2v) is 6.62. The molecule has 20 heavy (non-hydrogen) atoms. The maximum atomic E-state index is 5.52. The van der Waals surface area contributed by atoms with Gasteiger partial charge in [-0.05, 0) is 58.0 Å². The Balaban J connectivity index is 2.55. The third-order valence-corrected chi connectivity index (χ3v) is 4.82. The molecule has 1 rings (SSSR count). The van der Waals surface area contributed by atoms with Crippen LogP contribution in [0.2, 0.25) is 0 Å². The summed E-state index contributed by atoms with van der Waals surface area (Å²) < 4.78 is 5.52. The molecule has 3 atom stereocenters. The molecular weight excluding hydrogens is 248 g/mol. The first-order valence-electron chi connectivity index (χ1n) is 8.61. The van der Waals surface area contributed by atoms with Crippen LogP contribution in [-0.2, 0) is 4.74 Å². The van der Waals surface area contributed by atoms with Crippen LogP contribution < -0.4 is 5.32 Å². The summed E-state index contributed by atoms with van der Waals surface area (Å²) in [4.78, 5) is 2.53. The molecule has 0 aromatic rings. The molecule has 0 spiro atoms. The molecule has 0 aromatic heterocycles. The molecule has 1 aliphatic carbocycles. The minimum Gasteiger partial charge on any atom is -0.380 e. The molecule has 0 amide bonds. The molecule has 0 bridgehead atoms. The number of nitrogens with one attached hydrogen (secondary N) is 1. The molecule has 0 saturated heterocycles. The van der Waals surface area contributed by atoms with Crippen LogP contribution in [0.25, 0.3) is 0 Å². The maximum absolute atomic E-state index is 5.52. The van der Waals surface area contributed by atoms with Crippen LogP contribution in [-0.4, -0.2) is 50.3 Å². The van der Waals surface area contributed by atoms with E-state index in [1.54, 1.807) is 0 Å². The van der Waals surface area contributed by atoms with Gasteiger partial charge < -0.3 is 10.1 Å². The lowest BCUT2D eigenvalue weighted by Crippen LogP contribution is -2.53. The van der Waals surface area contributed by atoms with E-state index >= 15 is 0 Å². The lowest BCUT2D eigenvalue weighted by atomic mass is 9.76. The minimum absolute atomic E-state index is 0.663. The molecule has 1 N–H and O–H groups in total. The van der Waals surface area contributed by atoms with Crippen LogP contribution in [0.4, 0.5) is 0 Å². The normalized spacial score (nSPS) is 27.4. The molecule has 0 aliphatic heterocycles. The summed E-state index contributed by atoms with van der Waals surface area (Å²) in [5, 5.41) is 3.77. The lowest BCUT2D eigenvalue weighted by molar-refractivity contribution is 0.0658. The number of rotatable bonds is 9. The summed E-state index contributed by atoms with van der Waals surface area (Å²) in [6, 6.07) is 1.33. The molecule has 1 aliphatic rings. The Morgan fingerprint density at radius 3 is 2.60 bits per heavy atom. The highest BCUT2D eigenvalue weighted by molar-refractivity contribution is 4.91. The molecule has 0 aromatic carbocycles. The van der Waals surface area contributed by atoms with Gasteiger partial charge in [-0.1, -0.05) is 20.8 Å². The van der Waals surface area contributed by atoms with Gasteiger partial charge in [0, 0.05) is 25.2 Å². The summed E-state index contributed by atoms with van der Waals surface area (Å²) in [5.41, 5.74) is 0. The van der Waals surface area contributed by atoms with Crippen molar-refractivity contribution in [3.05, 3.63) is 0 Å². The number of likely N-dealkylation sites (N-methyl/N-ethyl adjacent to an activating group) is 1. The van der Waals surface area contributed by atoms with Crippen LogP contribution in [0.1, 0.15) is 53.4 Å². The predicted octanol–water partition coefficient (Wildman–Crippen LogP) is 3.15. The molecule has 1 fully saturated rings. The van der Waals surface area contributed by atoms with Gasteiger partial charge in [-0.15, -0.1) is 0 Å². The largest absolute Gasteiger partial charge is 0.380 e. The Morgan fingerprint density at radius 1 is 1.25 bits per heavy atom. The molecule has 120 valence electrons. The van der Waals surface area contributed by atoms with Crippen molar-refractivity contribution in [1.29, 1.82) is 0 Å². The smallest absolute Gasteiger partial charge is 0.0593 e. The Labute approximate surface area is 126 Å². The first kappa shape index (κ1) is 17.9. The van der Waals surface area contributed by atoms with E-state index in [1.165, 1.54) is 25.7 Å². The maximum Gasteiger partial charge on any atom is 0.0593 e. The van der Waals surface area contributed by atoms with Gasteiger partial charge in [-0.2, -0.15) is 0 Å². The van der Waals surface area contributed by atoms with Crippen molar-refractivity contribution in [3.8, 4) is 0 Å². The Hall–Kier alpha value is -0.120. The van der Waals surface area contributed by atoms with Gasteiger partial charge >= 0.3 is 0 Å². The van der Waals surface area contributed by atoms with Crippen molar-refractivity contribution in [2.24, 2.45) is 11.8 Å². The number of nitrogens with zero attached hydrogens (tertiary/aromatic N) is 1. The SMILES string of the molecule is CCCNC1CCC(C(C)C)CC1N(C)CCOCC. The summed E-state index contributed by atoms with van der Waals surface area (Å²) in [6.07, 6.45) is 5.27. The van der Waals surface area contributed by atoms with Gasteiger partial charge in [0.1, 0.15) is 0 Å². The Bertz CT molecular complexity index is 245. The highest BCUT2D eigenvalue weighted by Gasteiger charge is 2.33. The lowest BCUT2D eigenvalue weighted by Gasteiger charge is -2.43. The number of hydrogen-bond acceptors (Lipinski definition) is 3. The first-order valence-corrected chi connectivity index (χ1v) is 8.61. The minimum atomic E-state index is 0.663. The van der Waals surface area contributed by atoms with Crippen molar-refractivity contribution in [3.63, 3.8) is 0 Å². The van der Waals surface area contributed by atoms with Crippen LogP contribution >= 0.6 is 0 Å². The number of hydrogen-bond donors (Lipinski definition) is 1. The molecular formula is C17H36N2O. The number of ether oxygens (including phenoxy) is 1. The van der Waals surface area contributed by atoms with Gasteiger partial charge in [0.25, 0.3) is 0 Å². The zero-order chi connectivity index (χ0) is 15.0. The zero-order valence-corrected chi connectivity index (χ0v) is 14.3. The second kappa shape index (κ2) is 9.75. The summed E-state index contributed by atoms with van der Waals surface area (Å²) in [7, 11) is 2.27. The van der Waals surface area contributed by atoms with E-state index in [1.807, 2.05) is 0 Å². The third kappa shape index (κ3) is 5.71. The Kier molecular flexibility index (Phi) is 8.74. The van der Waals surface area contributed by atoms with E-state index in [0.29, 0.717) is 12.1 Å². The van der Waals surface area contributed by atoms with Crippen LogP contribution in [0.3, 0.4) is 0 Å². The predicted molar refractivity (Wildman–Crippen MR) is 87.2 cm³/mol. The zero-order valence-electron chi connectivity index (χ0n) is 14.3. The van der Waals surface area contributed by atoms with E-state index in [-0.39, 0.29) is 0 Å². The van der Waals surface area contributed by atoms with Crippen molar-refractivity contribution in [2.45, 2.75) is 65.5 Å². The van der Waals surface area contributed by atoms with E-state index in [9.17, 15) is 0 Å². The molecule has 3 unspecified atom stereocenters. The molecule has 0 heterocycles. The molecule has 3 nitrogen and oxygen atoms in total. The third-order valence-electron chi connectivity index (χ3n) is 4.82. The highest BCUT2D eigenvalue weighted by atomic mass is 16.5. The van der Waals surface area contributed by atoms with Crippen LogP contribution in [0.5, 0.6) is 0 Å². The quantitative estimate of drug-likeness (QED) is 0.658. The standard InChI is InChI=1S/C17H36N2O/c1-6-10-18-16-9-8-15(14(3)4)13-17(16)19(5)11-12-20-7-2/h14-18H,6-13H2,1-5H3. The monoisotopic (exact) mass is 284 g/mol. The summed E-state index contributed by atoms with van der Waals surface area (Å²) >= 11 is 0. The van der Waals surface area contributed by atoms with Gasteiger partial charge in [-0.3, -0.25) is 4.90 Å².